The summed E-state index contributed by atoms with van der Waals surface area (Å²) in [6.45, 7) is 6.50. The minimum Gasteiger partial charge on any atom is -0.392 e. The summed E-state index contributed by atoms with van der Waals surface area (Å²) in [4.78, 5) is 30.7. The Morgan fingerprint density at radius 1 is 0.846 bits per heavy atom. The van der Waals surface area contributed by atoms with Gasteiger partial charge in [0.1, 0.15) is 6.29 Å². The molecule has 0 aromatic heterocycles. The van der Waals surface area contributed by atoms with E-state index in [0.717, 1.165) is 0 Å². The lowest BCUT2D eigenvalue weighted by Crippen LogP contribution is -1.97. The summed E-state index contributed by atoms with van der Waals surface area (Å²) in [6, 6.07) is 6.28. The van der Waals surface area contributed by atoms with Crippen molar-refractivity contribution in [3.05, 3.63) is 77.9 Å². The summed E-state index contributed by atoms with van der Waals surface area (Å²) < 4.78 is 0. The van der Waals surface area contributed by atoms with Gasteiger partial charge in [-0.1, -0.05) is 0 Å². The first-order valence-corrected chi connectivity index (χ1v) is 7.68. The van der Waals surface area contributed by atoms with Gasteiger partial charge in [0, 0.05) is 27.8 Å². The predicted molar refractivity (Wildman–Crippen MR) is 96.5 cm³/mol. The van der Waals surface area contributed by atoms with E-state index in [-0.39, 0.29) is 18.0 Å². The molecule has 0 amide bonds. The third-order valence-electron chi connectivity index (χ3n) is 3.75. The van der Waals surface area contributed by atoms with Crippen LogP contribution in [0.5, 0.6) is 0 Å². The van der Waals surface area contributed by atoms with Gasteiger partial charge in [-0.2, -0.15) is 0 Å². The molecule has 2 aromatic carbocycles. The van der Waals surface area contributed by atoms with Crippen LogP contribution in [0.3, 0.4) is 0 Å². The zero-order valence-electron chi connectivity index (χ0n) is 15.0. The van der Waals surface area contributed by atoms with E-state index in [9.17, 15) is 25.0 Å². The number of rotatable bonds is 4. The number of aliphatic hydroxyl groups is 1. The van der Waals surface area contributed by atoms with Crippen molar-refractivity contribution >= 4 is 17.7 Å². The molecule has 0 heterocycles. The molecule has 2 rings (SSSR count). The fraction of sp³-hybridized carbons (Fsp3) is 0.278. The molecular formula is C18H20N2O6. The molecule has 0 unspecified atom stereocenters. The lowest BCUT2D eigenvalue weighted by Gasteiger charge is -2.03. The Morgan fingerprint density at radius 3 is 1.46 bits per heavy atom. The Balaban J connectivity index is 0.000000260. The highest BCUT2D eigenvalue weighted by molar-refractivity contribution is 5.77. The second-order valence-corrected chi connectivity index (χ2v) is 5.87. The highest BCUT2D eigenvalue weighted by Crippen LogP contribution is 2.24. The van der Waals surface area contributed by atoms with Gasteiger partial charge < -0.3 is 5.11 Å². The van der Waals surface area contributed by atoms with Crippen LogP contribution in [0.2, 0.25) is 0 Å². The van der Waals surface area contributed by atoms with Gasteiger partial charge in [-0.05, 0) is 57.5 Å². The van der Waals surface area contributed by atoms with E-state index in [2.05, 4.69) is 0 Å². The lowest BCUT2D eigenvalue weighted by molar-refractivity contribution is -0.386. The maximum absolute atomic E-state index is 10.6. The standard InChI is InChI=1S/C9H11NO3.C9H9NO3/c2*1-6-3-8(5-11)4-7(2)9(6)10(12)13/h3-4,11H,5H2,1-2H3;3-5H,1-2H3. The number of nitro groups is 2. The summed E-state index contributed by atoms with van der Waals surface area (Å²) in [6.07, 6.45) is 0.684. The molecule has 0 fully saturated rings. The van der Waals surface area contributed by atoms with Crippen LogP contribution in [0, 0.1) is 47.9 Å². The Bertz CT molecular complexity index is 815. The lowest BCUT2D eigenvalue weighted by atomic mass is 10.1. The van der Waals surface area contributed by atoms with Crippen molar-refractivity contribution in [3.8, 4) is 0 Å². The van der Waals surface area contributed by atoms with Crippen molar-refractivity contribution in [2.45, 2.75) is 34.3 Å². The average Bonchev–Trinajstić information content (AvgIpc) is 2.53. The van der Waals surface area contributed by atoms with Crippen LogP contribution in [-0.2, 0) is 6.61 Å². The third-order valence-corrected chi connectivity index (χ3v) is 3.75. The van der Waals surface area contributed by atoms with Crippen molar-refractivity contribution < 1.29 is 19.7 Å². The van der Waals surface area contributed by atoms with Crippen LogP contribution in [-0.4, -0.2) is 21.2 Å². The monoisotopic (exact) mass is 360 g/mol. The number of carbonyl (C=O) groups excluding carboxylic acids is 1. The fourth-order valence-corrected chi connectivity index (χ4v) is 2.77. The van der Waals surface area contributed by atoms with E-state index in [1.807, 2.05) is 0 Å². The van der Waals surface area contributed by atoms with Crippen molar-refractivity contribution in [1.29, 1.82) is 0 Å². The van der Waals surface area contributed by atoms with Gasteiger partial charge in [0.05, 0.1) is 16.5 Å². The number of benzene rings is 2. The molecule has 0 saturated carbocycles. The minimum atomic E-state index is -0.431. The average molecular weight is 360 g/mol. The van der Waals surface area contributed by atoms with Crippen LogP contribution in [0.25, 0.3) is 0 Å². The van der Waals surface area contributed by atoms with Crippen molar-refractivity contribution in [3.63, 3.8) is 0 Å². The molecule has 0 aliphatic rings. The topological polar surface area (TPSA) is 124 Å². The molecule has 0 bridgehead atoms. The Kier molecular flexibility index (Phi) is 7.09. The minimum absolute atomic E-state index is 0.0837. The molecule has 0 saturated heterocycles. The zero-order chi connectivity index (χ0) is 20.0. The summed E-state index contributed by atoms with van der Waals surface area (Å²) in [5.74, 6) is 0. The zero-order valence-corrected chi connectivity index (χ0v) is 15.0. The normalized spacial score (nSPS) is 9.88. The number of hydrogen-bond acceptors (Lipinski definition) is 6. The van der Waals surface area contributed by atoms with E-state index in [1.165, 1.54) is 12.1 Å². The van der Waals surface area contributed by atoms with Crippen molar-refractivity contribution in [1.82, 2.24) is 0 Å². The van der Waals surface area contributed by atoms with Gasteiger partial charge in [-0.3, -0.25) is 25.0 Å². The van der Waals surface area contributed by atoms with E-state index in [4.69, 9.17) is 5.11 Å². The summed E-state index contributed by atoms with van der Waals surface area (Å²) >= 11 is 0. The summed E-state index contributed by atoms with van der Waals surface area (Å²) in [7, 11) is 0. The molecule has 26 heavy (non-hydrogen) atoms. The second-order valence-electron chi connectivity index (χ2n) is 5.87. The van der Waals surface area contributed by atoms with Gasteiger partial charge in [-0.15, -0.1) is 0 Å². The van der Waals surface area contributed by atoms with Gasteiger partial charge in [0.15, 0.2) is 0 Å². The predicted octanol–water partition coefficient (Wildman–Crippen LogP) is 3.73. The highest BCUT2D eigenvalue weighted by atomic mass is 16.6. The van der Waals surface area contributed by atoms with Crippen LogP contribution in [0.1, 0.15) is 38.2 Å². The molecule has 138 valence electrons. The molecule has 0 aliphatic carbocycles. The van der Waals surface area contributed by atoms with Crippen LogP contribution >= 0.6 is 0 Å². The highest BCUT2D eigenvalue weighted by Gasteiger charge is 2.15. The molecule has 0 aliphatic heterocycles. The molecule has 0 atom stereocenters. The smallest absolute Gasteiger partial charge is 0.275 e. The van der Waals surface area contributed by atoms with Crippen molar-refractivity contribution in [2.75, 3.05) is 0 Å². The maximum Gasteiger partial charge on any atom is 0.275 e. The van der Waals surface area contributed by atoms with Crippen molar-refractivity contribution in [2.24, 2.45) is 0 Å². The SMILES string of the molecule is Cc1cc(C=O)cc(C)c1[N+](=O)[O-].Cc1cc(CO)cc(C)c1[N+](=O)[O-]. The van der Waals surface area contributed by atoms with Crippen LogP contribution < -0.4 is 0 Å². The summed E-state index contributed by atoms with van der Waals surface area (Å²) in [5.41, 5.74) is 3.63. The number of aliphatic hydroxyl groups excluding tert-OH is 1. The van der Waals surface area contributed by atoms with E-state index >= 15 is 0 Å². The first-order valence-electron chi connectivity index (χ1n) is 7.68. The quantitative estimate of drug-likeness (QED) is 0.503. The first kappa shape index (κ1) is 20.9. The number of nitro benzene ring substituents is 2. The number of nitrogens with zero attached hydrogens (tertiary/aromatic N) is 2. The van der Waals surface area contributed by atoms with E-state index in [0.29, 0.717) is 39.7 Å². The fourth-order valence-electron chi connectivity index (χ4n) is 2.77. The number of hydrogen-bond donors (Lipinski definition) is 1. The molecule has 0 spiro atoms. The van der Waals surface area contributed by atoms with E-state index in [1.54, 1.807) is 39.8 Å². The summed E-state index contributed by atoms with van der Waals surface area (Å²) in [5, 5.41) is 30.0. The number of aldehydes is 1. The Labute approximate surface area is 150 Å². The van der Waals surface area contributed by atoms with Gasteiger partial charge in [-0.25, -0.2) is 0 Å². The molecule has 0 radical (unpaired) electrons. The molecule has 2 aromatic rings. The van der Waals surface area contributed by atoms with E-state index < -0.39 is 9.85 Å². The Hall–Kier alpha value is -3.13. The third kappa shape index (κ3) is 4.93. The van der Waals surface area contributed by atoms with Gasteiger partial charge in [0.2, 0.25) is 0 Å². The van der Waals surface area contributed by atoms with Crippen LogP contribution in [0.4, 0.5) is 11.4 Å². The largest absolute Gasteiger partial charge is 0.392 e. The molecule has 1 N–H and O–H groups in total. The van der Waals surface area contributed by atoms with Crippen LogP contribution in [0.15, 0.2) is 24.3 Å². The maximum atomic E-state index is 10.6. The first-order chi connectivity index (χ1) is 12.1. The Morgan fingerprint density at radius 2 is 1.19 bits per heavy atom. The van der Waals surface area contributed by atoms with Gasteiger partial charge in [0.25, 0.3) is 11.4 Å². The second kappa shape index (κ2) is 8.82. The molecular weight excluding hydrogens is 340 g/mol. The molecule has 8 heteroatoms. The number of carbonyl (C=O) groups is 1. The number of aryl methyl sites for hydroxylation is 4. The molecule has 8 nitrogen and oxygen atoms in total. The van der Waals surface area contributed by atoms with Gasteiger partial charge >= 0.3 is 0 Å².